The topological polar surface area (TPSA) is 66.8 Å². The highest BCUT2D eigenvalue weighted by Crippen LogP contribution is 2.37. The van der Waals surface area contributed by atoms with Crippen molar-refractivity contribution < 1.29 is 19.4 Å². The monoisotopic (exact) mass is 285 g/mol. The van der Waals surface area contributed by atoms with Gasteiger partial charge in [0.15, 0.2) is 0 Å². The molecule has 116 valence electrons. The molecule has 0 saturated heterocycles. The maximum absolute atomic E-state index is 12.7. The van der Waals surface area contributed by atoms with Gasteiger partial charge in [-0.3, -0.25) is 9.59 Å². The molecule has 5 nitrogen and oxygen atoms in total. The molecule has 1 saturated carbocycles. The molecule has 1 fully saturated rings. The average Bonchev–Trinajstić information content (AvgIpc) is 2.80. The van der Waals surface area contributed by atoms with E-state index in [4.69, 9.17) is 4.74 Å². The molecule has 2 unspecified atom stereocenters. The van der Waals surface area contributed by atoms with Crippen LogP contribution in [-0.4, -0.2) is 48.2 Å². The van der Waals surface area contributed by atoms with Crippen LogP contribution >= 0.6 is 0 Å². The first-order valence-corrected chi connectivity index (χ1v) is 7.44. The number of hydrogen-bond acceptors (Lipinski definition) is 3. The Morgan fingerprint density at radius 2 is 1.95 bits per heavy atom. The van der Waals surface area contributed by atoms with Crippen molar-refractivity contribution in [3.05, 3.63) is 0 Å². The van der Waals surface area contributed by atoms with Crippen molar-refractivity contribution in [3.8, 4) is 0 Å². The van der Waals surface area contributed by atoms with Crippen LogP contribution in [0.1, 0.15) is 40.0 Å². The number of carboxylic acids is 1. The highest BCUT2D eigenvalue weighted by Gasteiger charge is 2.43. The van der Waals surface area contributed by atoms with Gasteiger partial charge in [0.1, 0.15) is 0 Å². The fraction of sp³-hybridized carbons (Fsp3) is 0.867. The molecule has 0 spiro atoms. The maximum Gasteiger partial charge on any atom is 0.307 e. The number of carbonyl (C=O) groups excluding carboxylic acids is 1. The molecular formula is C15H27NO4. The van der Waals surface area contributed by atoms with Crippen molar-refractivity contribution >= 4 is 11.9 Å². The molecule has 20 heavy (non-hydrogen) atoms. The molecule has 1 aliphatic carbocycles. The van der Waals surface area contributed by atoms with Gasteiger partial charge in [-0.25, -0.2) is 0 Å². The highest BCUT2D eigenvalue weighted by molar-refractivity contribution is 5.85. The molecule has 1 rings (SSSR count). The third kappa shape index (κ3) is 3.95. The Hall–Kier alpha value is -1.10. The van der Waals surface area contributed by atoms with Crippen molar-refractivity contribution in [3.63, 3.8) is 0 Å². The van der Waals surface area contributed by atoms with E-state index in [-0.39, 0.29) is 17.9 Å². The van der Waals surface area contributed by atoms with Gasteiger partial charge in [0, 0.05) is 19.7 Å². The van der Waals surface area contributed by atoms with Crippen molar-refractivity contribution in [2.75, 3.05) is 20.3 Å². The van der Waals surface area contributed by atoms with E-state index >= 15 is 0 Å². The Balaban J connectivity index is 2.84. The average molecular weight is 285 g/mol. The summed E-state index contributed by atoms with van der Waals surface area (Å²) in [5, 5.41) is 9.31. The third-order valence-electron chi connectivity index (χ3n) is 4.37. The van der Waals surface area contributed by atoms with Crippen LogP contribution in [-0.2, 0) is 14.3 Å². The number of hydrogen-bond donors (Lipinski definition) is 1. The molecule has 0 bridgehead atoms. The fourth-order valence-corrected chi connectivity index (χ4v) is 3.01. The van der Waals surface area contributed by atoms with Gasteiger partial charge in [0.05, 0.1) is 18.4 Å². The normalized spacial score (nSPS) is 27.3. The number of ether oxygens (including phenoxy) is 1. The molecule has 0 aromatic heterocycles. The molecule has 1 amide bonds. The molecule has 0 aromatic rings. The number of carbonyl (C=O) groups is 2. The van der Waals surface area contributed by atoms with Crippen LogP contribution in [0.2, 0.25) is 0 Å². The molecular weight excluding hydrogens is 258 g/mol. The third-order valence-corrected chi connectivity index (χ3v) is 4.37. The second-order valence-corrected chi connectivity index (χ2v) is 5.91. The molecule has 1 N–H and O–H groups in total. The first-order chi connectivity index (χ1) is 9.42. The lowest BCUT2D eigenvalue weighted by Gasteiger charge is -2.32. The molecule has 0 aromatic carbocycles. The van der Waals surface area contributed by atoms with Crippen molar-refractivity contribution in [1.82, 2.24) is 4.90 Å². The summed E-state index contributed by atoms with van der Waals surface area (Å²) >= 11 is 0. The van der Waals surface area contributed by atoms with Crippen LogP contribution in [0.25, 0.3) is 0 Å². The number of amides is 1. The van der Waals surface area contributed by atoms with E-state index in [1.807, 2.05) is 20.8 Å². The number of nitrogens with zero attached hydrogens (tertiary/aromatic N) is 1. The molecule has 1 aliphatic rings. The summed E-state index contributed by atoms with van der Waals surface area (Å²) < 4.78 is 5.06. The SMILES string of the molecule is CCC(C)N(CCOC)C(=O)[C@H]1CC(C)C[C@H]1C(=O)O. The minimum Gasteiger partial charge on any atom is -0.481 e. The van der Waals surface area contributed by atoms with E-state index in [0.717, 1.165) is 6.42 Å². The summed E-state index contributed by atoms with van der Waals surface area (Å²) in [6, 6.07) is 0.114. The number of carboxylic acid groups (broad SMARTS) is 1. The van der Waals surface area contributed by atoms with Gasteiger partial charge in [-0.15, -0.1) is 0 Å². The second-order valence-electron chi connectivity index (χ2n) is 5.91. The Morgan fingerprint density at radius 3 is 2.45 bits per heavy atom. The minimum absolute atomic E-state index is 0.0202. The van der Waals surface area contributed by atoms with Gasteiger partial charge >= 0.3 is 5.97 Å². The summed E-state index contributed by atoms with van der Waals surface area (Å²) in [5.41, 5.74) is 0. The number of rotatable bonds is 7. The van der Waals surface area contributed by atoms with E-state index in [1.54, 1.807) is 12.0 Å². The largest absolute Gasteiger partial charge is 0.481 e. The standard InChI is InChI=1S/C15H27NO4/c1-5-11(3)16(6-7-20-4)14(17)12-8-10(2)9-13(12)15(18)19/h10-13H,5-9H2,1-4H3,(H,18,19)/t10?,11?,12-,13+/m0/s1. The lowest BCUT2D eigenvalue weighted by Crippen LogP contribution is -2.45. The van der Waals surface area contributed by atoms with Crippen LogP contribution in [0.5, 0.6) is 0 Å². The van der Waals surface area contributed by atoms with Crippen LogP contribution in [0.4, 0.5) is 0 Å². The maximum atomic E-state index is 12.7. The summed E-state index contributed by atoms with van der Waals surface area (Å²) in [4.78, 5) is 25.9. The van der Waals surface area contributed by atoms with Gasteiger partial charge in [-0.2, -0.15) is 0 Å². The van der Waals surface area contributed by atoms with Crippen LogP contribution in [0.15, 0.2) is 0 Å². The van der Waals surface area contributed by atoms with Crippen LogP contribution in [0.3, 0.4) is 0 Å². The van der Waals surface area contributed by atoms with Crippen LogP contribution < -0.4 is 0 Å². The minimum atomic E-state index is -0.844. The Labute approximate surface area is 121 Å². The lowest BCUT2D eigenvalue weighted by molar-refractivity contribution is -0.150. The zero-order chi connectivity index (χ0) is 15.3. The van der Waals surface area contributed by atoms with E-state index in [0.29, 0.717) is 31.9 Å². The van der Waals surface area contributed by atoms with E-state index in [2.05, 4.69) is 0 Å². The van der Waals surface area contributed by atoms with Gasteiger partial charge < -0.3 is 14.7 Å². The summed E-state index contributed by atoms with van der Waals surface area (Å²) in [5.74, 6) is -1.48. The first kappa shape index (κ1) is 17.0. The first-order valence-electron chi connectivity index (χ1n) is 7.44. The van der Waals surface area contributed by atoms with E-state index in [9.17, 15) is 14.7 Å². The summed E-state index contributed by atoms with van der Waals surface area (Å²) in [6.07, 6.45) is 2.13. The molecule has 0 aliphatic heterocycles. The van der Waals surface area contributed by atoms with Crippen LogP contribution in [0, 0.1) is 17.8 Å². The molecule has 0 radical (unpaired) electrons. The predicted octanol–water partition coefficient (Wildman–Crippen LogP) is 2.01. The summed E-state index contributed by atoms with van der Waals surface area (Å²) in [6.45, 7) is 7.06. The van der Waals surface area contributed by atoms with Gasteiger partial charge in [0.25, 0.3) is 0 Å². The number of aliphatic carboxylic acids is 1. The van der Waals surface area contributed by atoms with E-state index < -0.39 is 11.9 Å². The smallest absolute Gasteiger partial charge is 0.307 e. The lowest BCUT2D eigenvalue weighted by atomic mass is 9.94. The van der Waals surface area contributed by atoms with Crippen molar-refractivity contribution in [2.45, 2.75) is 46.1 Å². The Kier molecular flexibility index (Phi) is 6.46. The molecule has 5 heteroatoms. The quantitative estimate of drug-likeness (QED) is 0.777. The highest BCUT2D eigenvalue weighted by atomic mass is 16.5. The zero-order valence-corrected chi connectivity index (χ0v) is 13.0. The number of methoxy groups -OCH3 is 1. The molecule has 0 heterocycles. The molecule has 4 atom stereocenters. The fourth-order valence-electron chi connectivity index (χ4n) is 3.01. The Morgan fingerprint density at radius 1 is 1.35 bits per heavy atom. The van der Waals surface area contributed by atoms with Crippen molar-refractivity contribution in [1.29, 1.82) is 0 Å². The predicted molar refractivity (Wildman–Crippen MR) is 76.4 cm³/mol. The van der Waals surface area contributed by atoms with Gasteiger partial charge in [0.2, 0.25) is 5.91 Å². The summed E-state index contributed by atoms with van der Waals surface area (Å²) in [7, 11) is 1.61. The second kappa shape index (κ2) is 7.62. The van der Waals surface area contributed by atoms with Crippen molar-refractivity contribution in [2.24, 2.45) is 17.8 Å². The van der Waals surface area contributed by atoms with Gasteiger partial charge in [-0.1, -0.05) is 13.8 Å². The zero-order valence-electron chi connectivity index (χ0n) is 13.0. The van der Waals surface area contributed by atoms with E-state index in [1.165, 1.54) is 0 Å². The Bertz CT molecular complexity index is 345. The van der Waals surface area contributed by atoms with Gasteiger partial charge in [-0.05, 0) is 32.1 Å².